The number of hydrogen-bond acceptors (Lipinski definition) is 2. The highest BCUT2D eigenvalue weighted by atomic mass is 16.5. The Bertz CT molecular complexity index is 500. The van der Waals surface area contributed by atoms with Gasteiger partial charge in [-0.3, -0.25) is 4.90 Å². The molecule has 1 aliphatic rings. The number of ether oxygens (including phenoxy) is 1. The topological polar surface area (TPSA) is 17.4 Å². The summed E-state index contributed by atoms with van der Waals surface area (Å²) >= 11 is 0. The van der Waals surface area contributed by atoms with E-state index in [1.54, 1.807) is 0 Å². The number of rotatable bonds is 4. The van der Waals surface area contributed by atoms with Crippen molar-refractivity contribution in [3.63, 3.8) is 0 Å². The fourth-order valence-electron chi connectivity index (χ4n) is 2.63. The van der Waals surface area contributed by atoms with Gasteiger partial charge in [0.2, 0.25) is 0 Å². The van der Waals surface area contributed by atoms with Crippen LogP contribution in [0.15, 0.2) is 36.5 Å². The minimum Gasteiger partial charge on any atom is -0.379 e. The number of nitrogens with zero attached hydrogens (tertiary/aromatic N) is 2. The van der Waals surface area contributed by atoms with Crippen LogP contribution in [0.3, 0.4) is 0 Å². The summed E-state index contributed by atoms with van der Waals surface area (Å²) in [4.78, 5) is 2.50. The molecule has 0 unspecified atom stereocenters. The Morgan fingerprint density at radius 3 is 2.72 bits per heavy atom. The highest BCUT2D eigenvalue weighted by Crippen LogP contribution is 2.15. The largest absolute Gasteiger partial charge is 0.379 e. The van der Waals surface area contributed by atoms with Gasteiger partial charge in [0.1, 0.15) is 0 Å². The maximum Gasteiger partial charge on any atom is 0.0594 e. The van der Waals surface area contributed by atoms with Gasteiger partial charge in [0.15, 0.2) is 0 Å². The maximum absolute atomic E-state index is 5.36. The fraction of sp³-hybridized carbons (Fsp3) is 0.467. The van der Waals surface area contributed by atoms with E-state index in [1.165, 1.54) is 23.9 Å². The van der Waals surface area contributed by atoms with E-state index in [0.29, 0.717) is 0 Å². The number of aryl methyl sites for hydroxylation is 1. The molecule has 0 saturated carbocycles. The second-order valence-electron chi connectivity index (χ2n) is 4.88. The molecule has 2 heterocycles. The van der Waals surface area contributed by atoms with Gasteiger partial charge in [-0.15, -0.1) is 0 Å². The smallest absolute Gasteiger partial charge is 0.0594 e. The molecule has 0 amide bonds. The molecule has 1 saturated heterocycles. The van der Waals surface area contributed by atoms with Crippen LogP contribution in [0.25, 0.3) is 10.9 Å². The van der Waals surface area contributed by atoms with E-state index in [4.69, 9.17) is 4.74 Å². The van der Waals surface area contributed by atoms with Crippen molar-refractivity contribution in [2.75, 3.05) is 32.8 Å². The zero-order valence-corrected chi connectivity index (χ0v) is 10.7. The lowest BCUT2D eigenvalue weighted by Gasteiger charge is -2.26. The van der Waals surface area contributed by atoms with Crippen LogP contribution in [-0.2, 0) is 11.3 Å². The standard InChI is InChI=1S/C15H20N2O/c1-2-5-15-14(4-1)6-9-17(15)8-3-7-16-10-12-18-13-11-16/h1-2,4-6,9H,3,7-8,10-13H2. The van der Waals surface area contributed by atoms with Gasteiger partial charge in [-0.2, -0.15) is 0 Å². The summed E-state index contributed by atoms with van der Waals surface area (Å²) in [7, 11) is 0. The Kier molecular flexibility index (Phi) is 3.62. The van der Waals surface area contributed by atoms with Gasteiger partial charge in [0.05, 0.1) is 13.2 Å². The molecule has 1 aromatic carbocycles. The first-order chi connectivity index (χ1) is 8.93. The third kappa shape index (κ3) is 2.57. The molecule has 3 nitrogen and oxygen atoms in total. The Morgan fingerprint density at radius 1 is 1.00 bits per heavy atom. The lowest BCUT2D eigenvalue weighted by Crippen LogP contribution is -2.37. The molecule has 0 spiro atoms. The number of morpholine rings is 1. The van der Waals surface area contributed by atoms with Gasteiger partial charge >= 0.3 is 0 Å². The van der Waals surface area contributed by atoms with Crippen LogP contribution < -0.4 is 0 Å². The van der Waals surface area contributed by atoms with Crippen molar-refractivity contribution in [1.82, 2.24) is 9.47 Å². The molecule has 0 aliphatic carbocycles. The number of hydrogen-bond donors (Lipinski definition) is 0. The van der Waals surface area contributed by atoms with Crippen LogP contribution in [0, 0.1) is 0 Å². The van der Waals surface area contributed by atoms with Crippen LogP contribution in [0.1, 0.15) is 6.42 Å². The molecule has 1 aliphatic heterocycles. The summed E-state index contributed by atoms with van der Waals surface area (Å²) in [6.07, 6.45) is 3.41. The van der Waals surface area contributed by atoms with Crippen molar-refractivity contribution in [2.45, 2.75) is 13.0 Å². The van der Waals surface area contributed by atoms with E-state index in [9.17, 15) is 0 Å². The summed E-state index contributed by atoms with van der Waals surface area (Å²) in [5, 5.41) is 1.34. The predicted octanol–water partition coefficient (Wildman–Crippen LogP) is 2.36. The Labute approximate surface area is 108 Å². The minimum atomic E-state index is 0.895. The fourth-order valence-corrected chi connectivity index (χ4v) is 2.63. The van der Waals surface area contributed by atoms with Crippen LogP contribution in [-0.4, -0.2) is 42.3 Å². The third-order valence-corrected chi connectivity index (χ3v) is 3.66. The highest BCUT2D eigenvalue weighted by molar-refractivity contribution is 5.79. The lowest BCUT2D eigenvalue weighted by atomic mass is 10.2. The van der Waals surface area contributed by atoms with Crippen molar-refractivity contribution in [1.29, 1.82) is 0 Å². The molecule has 0 bridgehead atoms. The molecule has 1 aromatic heterocycles. The summed E-state index contributed by atoms with van der Waals surface area (Å²) in [6, 6.07) is 10.8. The second kappa shape index (κ2) is 5.55. The van der Waals surface area contributed by atoms with Crippen molar-refractivity contribution in [3.05, 3.63) is 36.5 Å². The number of para-hydroxylation sites is 1. The van der Waals surface area contributed by atoms with E-state index in [2.05, 4.69) is 46.0 Å². The van der Waals surface area contributed by atoms with E-state index in [0.717, 1.165) is 32.8 Å². The van der Waals surface area contributed by atoms with Crippen molar-refractivity contribution < 1.29 is 4.74 Å². The average molecular weight is 244 g/mol. The van der Waals surface area contributed by atoms with Crippen molar-refractivity contribution >= 4 is 10.9 Å². The third-order valence-electron chi connectivity index (χ3n) is 3.66. The van der Waals surface area contributed by atoms with Gasteiger partial charge in [-0.25, -0.2) is 0 Å². The average Bonchev–Trinajstić information content (AvgIpc) is 2.84. The van der Waals surface area contributed by atoms with E-state index in [-0.39, 0.29) is 0 Å². The minimum absolute atomic E-state index is 0.895. The Hall–Kier alpha value is -1.32. The first-order valence-electron chi connectivity index (χ1n) is 6.77. The summed E-state index contributed by atoms with van der Waals surface area (Å²) in [5.41, 5.74) is 1.35. The van der Waals surface area contributed by atoms with Crippen molar-refractivity contribution in [2.24, 2.45) is 0 Å². The maximum atomic E-state index is 5.36. The molecule has 1 fully saturated rings. The molecule has 2 aromatic rings. The SMILES string of the molecule is c1ccc2c(c1)ccn2CCCN1CCOCC1. The van der Waals surface area contributed by atoms with Crippen LogP contribution in [0.4, 0.5) is 0 Å². The van der Waals surface area contributed by atoms with Gasteiger partial charge in [-0.1, -0.05) is 18.2 Å². The van der Waals surface area contributed by atoms with E-state index < -0.39 is 0 Å². The predicted molar refractivity (Wildman–Crippen MR) is 73.8 cm³/mol. The molecule has 0 radical (unpaired) electrons. The van der Waals surface area contributed by atoms with Crippen LogP contribution >= 0.6 is 0 Å². The Balaban J connectivity index is 1.56. The first kappa shape index (κ1) is 11.8. The zero-order chi connectivity index (χ0) is 12.2. The summed E-state index contributed by atoms with van der Waals surface area (Å²) < 4.78 is 7.72. The molecule has 18 heavy (non-hydrogen) atoms. The van der Waals surface area contributed by atoms with Crippen LogP contribution in [0.5, 0.6) is 0 Å². The normalized spacial score (nSPS) is 17.3. The monoisotopic (exact) mass is 244 g/mol. The number of aromatic nitrogens is 1. The Morgan fingerprint density at radius 2 is 1.83 bits per heavy atom. The van der Waals surface area contributed by atoms with Gasteiger partial charge in [-0.05, 0) is 23.9 Å². The highest BCUT2D eigenvalue weighted by Gasteiger charge is 2.09. The summed E-state index contributed by atoms with van der Waals surface area (Å²) in [5.74, 6) is 0. The molecular formula is C15H20N2O. The molecule has 3 rings (SSSR count). The van der Waals surface area contributed by atoms with Gasteiger partial charge < -0.3 is 9.30 Å². The van der Waals surface area contributed by atoms with E-state index in [1.807, 2.05) is 0 Å². The zero-order valence-electron chi connectivity index (χ0n) is 10.7. The number of benzene rings is 1. The van der Waals surface area contributed by atoms with Gasteiger partial charge in [0, 0.05) is 37.9 Å². The van der Waals surface area contributed by atoms with Crippen molar-refractivity contribution in [3.8, 4) is 0 Å². The number of fused-ring (bicyclic) bond motifs is 1. The second-order valence-corrected chi connectivity index (χ2v) is 4.88. The van der Waals surface area contributed by atoms with Gasteiger partial charge in [0.25, 0.3) is 0 Å². The lowest BCUT2D eigenvalue weighted by molar-refractivity contribution is 0.0370. The molecule has 96 valence electrons. The van der Waals surface area contributed by atoms with E-state index >= 15 is 0 Å². The quantitative estimate of drug-likeness (QED) is 0.821. The van der Waals surface area contributed by atoms with Crippen LogP contribution in [0.2, 0.25) is 0 Å². The first-order valence-corrected chi connectivity index (χ1v) is 6.77. The molecule has 3 heteroatoms. The molecular weight excluding hydrogens is 224 g/mol. The molecule has 0 atom stereocenters. The summed E-state index contributed by atoms with van der Waals surface area (Å²) in [6.45, 7) is 6.25. The molecule has 0 N–H and O–H groups in total.